The Bertz CT molecular complexity index is 447. The molecule has 5 nitrogen and oxygen atoms in total. The van der Waals surface area contributed by atoms with E-state index in [0.29, 0.717) is 25.5 Å². The van der Waals surface area contributed by atoms with Gasteiger partial charge in [-0.05, 0) is 24.6 Å². The minimum atomic E-state index is 0.0371. The van der Waals surface area contributed by atoms with Gasteiger partial charge in [0.1, 0.15) is 11.5 Å². The highest BCUT2D eigenvalue weighted by Gasteiger charge is 2.07. The normalized spacial score (nSPS) is 10.5. The number of hydrogen-bond donors (Lipinski definition) is 2. The number of methoxy groups -OCH3 is 1. The van der Waals surface area contributed by atoms with Crippen LogP contribution in [0.3, 0.4) is 0 Å². The van der Waals surface area contributed by atoms with Crippen molar-refractivity contribution in [2.75, 3.05) is 20.8 Å². The molecular formula is C16H26N2O3. The Hall–Kier alpha value is -1.75. The van der Waals surface area contributed by atoms with Gasteiger partial charge in [-0.1, -0.05) is 13.8 Å². The van der Waals surface area contributed by atoms with E-state index in [0.717, 1.165) is 23.6 Å². The van der Waals surface area contributed by atoms with E-state index in [1.807, 2.05) is 18.2 Å². The zero-order chi connectivity index (χ0) is 15.7. The van der Waals surface area contributed by atoms with Crippen LogP contribution in [0.1, 0.15) is 32.3 Å². The lowest BCUT2D eigenvalue weighted by atomic mass is 10.1. The summed E-state index contributed by atoms with van der Waals surface area (Å²) in [6, 6.07) is 6.17. The lowest BCUT2D eigenvalue weighted by Gasteiger charge is -2.15. The first kappa shape index (κ1) is 17.3. The van der Waals surface area contributed by atoms with Crippen molar-refractivity contribution in [1.29, 1.82) is 0 Å². The van der Waals surface area contributed by atoms with Crippen LogP contribution in [-0.4, -0.2) is 32.7 Å². The first-order valence-corrected chi connectivity index (χ1v) is 7.30. The Morgan fingerprint density at radius 2 is 2.10 bits per heavy atom. The number of hydrogen-bond acceptors (Lipinski definition) is 4. The van der Waals surface area contributed by atoms with Gasteiger partial charge in [-0.2, -0.15) is 0 Å². The molecule has 118 valence electrons. The van der Waals surface area contributed by atoms with E-state index >= 15 is 0 Å². The summed E-state index contributed by atoms with van der Waals surface area (Å²) in [7, 11) is 3.29. The van der Waals surface area contributed by atoms with Gasteiger partial charge >= 0.3 is 0 Å². The van der Waals surface area contributed by atoms with Crippen LogP contribution in [0.15, 0.2) is 18.2 Å². The average molecular weight is 294 g/mol. The van der Waals surface area contributed by atoms with E-state index in [9.17, 15) is 4.79 Å². The Morgan fingerprint density at radius 3 is 2.71 bits per heavy atom. The van der Waals surface area contributed by atoms with Gasteiger partial charge in [0.2, 0.25) is 5.91 Å². The lowest BCUT2D eigenvalue weighted by Crippen LogP contribution is -2.22. The van der Waals surface area contributed by atoms with Crippen LogP contribution in [-0.2, 0) is 11.3 Å². The largest absolute Gasteiger partial charge is 0.497 e. The molecule has 0 radical (unpaired) electrons. The molecule has 21 heavy (non-hydrogen) atoms. The highest BCUT2D eigenvalue weighted by Crippen LogP contribution is 2.24. The number of carbonyl (C=O) groups is 1. The van der Waals surface area contributed by atoms with Crippen LogP contribution in [0, 0.1) is 0 Å². The SMILES string of the molecule is CNC(=O)CCCOc1ccc(OC)cc1CNC(C)C. The molecule has 0 aliphatic rings. The summed E-state index contributed by atoms with van der Waals surface area (Å²) in [6.07, 6.45) is 1.18. The highest BCUT2D eigenvalue weighted by atomic mass is 16.5. The zero-order valence-electron chi connectivity index (χ0n) is 13.4. The van der Waals surface area contributed by atoms with Crippen molar-refractivity contribution in [2.45, 2.75) is 39.3 Å². The number of benzene rings is 1. The maximum Gasteiger partial charge on any atom is 0.219 e. The van der Waals surface area contributed by atoms with Crippen LogP contribution in [0.4, 0.5) is 0 Å². The number of amides is 1. The second-order valence-electron chi connectivity index (χ2n) is 5.13. The van der Waals surface area contributed by atoms with Gasteiger partial charge in [-0.15, -0.1) is 0 Å². The Kier molecular flexibility index (Phi) is 7.61. The smallest absolute Gasteiger partial charge is 0.219 e. The average Bonchev–Trinajstić information content (AvgIpc) is 2.49. The molecule has 2 N–H and O–H groups in total. The highest BCUT2D eigenvalue weighted by molar-refractivity contribution is 5.75. The summed E-state index contributed by atoms with van der Waals surface area (Å²) in [6.45, 7) is 5.45. The van der Waals surface area contributed by atoms with Crippen LogP contribution < -0.4 is 20.1 Å². The first-order chi connectivity index (χ1) is 10.1. The lowest BCUT2D eigenvalue weighted by molar-refractivity contribution is -0.120. The molecule has 0 heterocycles. The third-order valence-electron chi connectivity index (χ3n) is 3.05. The molecule has 0 aliphatic heterocycles. The van der Waals surface area contributed by atoms with E-state index < -0.39 is 0 Å². The van der Waals surface area contributed by atoms with Crippen molar-refractivity contribution in [1.82, 2.24) is 10.6 Å². The first-order valence-electron chi connectivity index (χ1n) is 7.30. The molecule has 0 bridgehead atoms. The third kappa shape index (κ3) is 6.49. The maximum absolute atomic E-state index is 11.2. The molecular weight excluding hydrogens is 268 g/mol. The number of nitrogens with one attached hydrogen (secondary N) is 2. The summed E-state index contributed by atoms with van der Waals surface area (Å²) in [4.78, 5) is 11.2. The predicted molar refractivity (Wildman–Crippen MR) is 83.8 cm³/mol. The molecule has 0 unspecified atom stereocenters. The molecule has 0 aromatic heterocycles. The summed E-state index contributed by atoms with van der Waals surface area (Å²) in [5.74, 6) is 1.68. The van der Waals surface area contributed by atoms with E-state index in [-0.39, 0.29) is 5.91 Å². The van der Waals surface area contributed by atoms with Gasteiger partial charge in [-0.25, -0.2) is 0 Å². The number of ether oxygens (including phenoxy) is 2. The Morgan fingerprint density at radius 1 is 1.33 bits per heavy atom. The molecule has 1 amide bonds. The molecule has 1 rings (SSSR count). The molecule has 0 saturated heterocycles. The van der Waals surface area contributed by atoms with Crippen LogP contribution in [0.25, 0.3) is 0 Å². The summed E-state index contributed by atoms with van der Waals surface area (Å²) >= 11 is 0. The quantitative estimate of drug-likeness (QED) is 0.685. The summed E-state index contributed by atoms with van der Waals surface area (Å²) in [5.41, 5.74) is 1.06. The summed E-state index contributed by atoms with van der Waals surface area (Å²) in [5, 5.41) is 5.97. The monoisotopic (exact) mass is 294 g/mol. The minimum absolute atomic E-state index is 0.0371. The topological polar surface area (TPSA) is 59.6 Å². The van der Waals surface area contributed by atoms with Gasteiger partial charge < -0.3 is 20.1 Å². The third-order valence-corrected chi connectivity index (χ3v) is 3.05. The van der Waals surface area contributed by atoms with Gasteiger partial charge in [-0.3, -0.25) is 4.79 Å². The molecule has 1 aromatic carbocycles. The van der Waals surface area contributed by atoms with E-state index in [1.54, 1.807) is 14.2 Å². The molecule has 0 atom stereocenters. The van der Waals surface area contributed by atoms with Crippen molar-refractivity contribution in [3.63, 3.8) is 0 Å². The molecule has 0 fully saturated rings. The van der Waals surface area contributed by atoms with Gasteiger partial charge in [0.05, 0.1) is 13.7 Å². The van der Waals surface area contributed by atoms with Crippen molar-refractivity contribution < 1.29 is 14.3 Å². The van der Waals surface area contributed by atoms with Gasteiger partial charge in [0, 0.05) is 31.6 Å². The Balaban J connectivity index is 2.60. The molecule has 1 aromatic rings. The van der Waals surface area contributed by atoms with Crippen LogP contribution in [0.2, 0.25) is 0 Å². The number of carbonyl (C=O) groups excluding carboxylic acids is 1. The fourth-order valence-corrected chi connectivity index (χ4v) is 1.82. The van der Waals surface area contributed by atoms with E-state index in [4.69, 9.17) is 9.47 Å². The van der Waals surface area contributed by atoms with Crippen LogP contribution in [0.5, 0.6) is 11.5 Å². The zero-order valence-corrected chi connectivity index (χ0v) is 13.4. The fourth-order valence-electron chi connectivity index (χ4n) is 1.82. The molecule has 0 aliphatic carbocycles. The molecule has 5 heteroatoms. The van der Waals surface area contributed by atoms with Crippen molar-refractivity contribution in [2.24, 2.45) is 0 Å². The predicted octanol–water partition coefficient (Wildman–Crippen LogP) is 2.10. The molecule has 0 saturated carbocycles. The second-order valence-corrected chi connectivity index (χ2v) is 5.13. The Labute approximate surface area is 127 Å². The number of rotatable bonds is 9. The van der Waals surface area contributed by atoms with Crippen molar-refractivity contribution in [3.8, 4) is 11.5 Å². The minimum Gasteiger partial charge on any atom is -0.497 e. The van der Waals surface area contributed by atoms with E-state index in [1.165, 1.54) is 0 Å². The van der Waals surface area contributed by atoms with Crippen molar-refractivity contribution >= 4 is 5.91 Å². The molecule has 0 spiro atoms. The standard InChI is InChI=1S/C16H26N2O3/c1-12(2)18-11-13-10-14(20-4)7-8-15(13)21-9-5-6-16(19)17-3/h7-8,10,12,18H,5-6,9,11H2,1-4H3,(H,17,19). The van der Waals surface area contributed by atoms with Gasteiger partial charge in [0.15, 0.2) is 0 Å². The second kappa shape index (κ2) is 9.23. The fraction of sp³-hybridized carbons (Fsp3) is 0.562. The van der Waals surface area contributed by atoms with Gasteiger partial charge in [0.25, 0.3) is 0 Å². The summed E-state index contributed by atoms with van der Waals surface area (Å²) < 4.78 is 11.0. The maximum atomic E-state index is 11.2. The van der Waals surface area contributed by atoms with Crippen molar-refractivity contribution in [3.05, 3.63) is 23.8 Å². The van der Waals surface area contributed by atoms with E-state index in [2.05, 4.69) is 24.5 Å². The van der Waals surface area contributed by atoms with Crippen LogP contribution >= 0.6 is 0 Å².